The predicted molar refractivity (Wildman–Crippen MR) is 114 cm³/mol. The van der Waals surface area contributed by atoms with Crippen molar-refractivity contribution in [1.29, 1.82) is 0 Å². The van der Waals surface area contributed by atoms with Gasteiger partial charge in [0, 0.05) is 23.5 Å². The van der Waals surface area contributed by atoms with Crippen molar-refractivity contribution < 1.29 is 4.74 Å². The molecule has 5 nitrogen and oxygen atoms in total. The number of fused-ring (bicyclic) bond motifs is 1. The Morgan fingerprint density at radius 3 is 2.78 bits per heavy atom. The summed E-state index contributed by atoms with van der Waals surface area (Å²) >= 11 is 0. The molecule has 6 heteroatoms. The molecule has 1 aromatic carbocycles. The maximum Gasteiger partial charge on any atom is 0.161 e. The summed E-state index contributed by atoms with van der Waals surface area (Å²) in [6.45, 7) is 5.75. The van der Waals surface area contributed by atoms with E-state index in [1.807, 2.05) is 18.3 Å². The van der Waals surface area contributed by atoms with Gasteiger partial charge < -0.3 is 15.4 Å². The average Bonchev–Trinajstić information content (AvgIpc) is 2.67. The van der Waals surface area contributed by atoms with E-state index in [0.717, 1.165) is 40.2 Å². The van der Waals surface area contributed by atoms with Crippen LogP contribution in [0.15, 0.2) is 48.8 Å². The Morgan fingerprint density at radius 2 is 2.00 bits per heavy atom. The molecule has 0 fully saturated rings. The quantitative estimate of drug-likeness (QED) is 0.701. The molecule has 1 aliphatic heterocycles. The summed E-state index contributed by atoms with van der Waals surface area (Å²) in [5, 5.41) is 1.13. The Labute approximate surface area is 161 Å². The molecule has 1 unspecified atom stereocenters. The van der Waals surface area contributed by atoms with E-state index in [0.29, 0.717) is 18.3 Å². The van der Waals surface area contributed by atoms with Gasteiger partial charge in [0.1, 0.15) is 12.4 Å². The molecule has 27 heavy (non-hydrogen) atoms. The van der Waals surface area contributed by atoms with Crippen LogP contribution in [-0.4, -0.2) is 23.1 Å². The molecule has 138 valence electrons. The summed E-state index contributed by atoms with van der Waals surface area (Å²) in [5.74, 6) is 1.75. The zero-order valence-corrected chi connectivity index (χ0v) is 16.7. The molecule has 0 aliphatic carbocycles. The van der Waals surface area contributed by atoms with Crippen molar-refractivity contribution in [2.45, 2.75) is 19.8 Å². The summed E-state index contributed by atoms with van der Waals surface area (Å²) in [6, 6.07) is 12.5. The molecule has 2 N–H and O–H groups in total. The molecule has 0 saturated heterocycles. The fourth-order valence-corrected chi connectivity index (χ4v) is 3.62. The second-order valence-corrected chi connectivity index (χ2v) is 7.60. The lowest BCUT2D eigenvalue weighted by molar-refractivity contribution is 0.313. The summed E-state index contributed by atoms with van der Waals surface area (Å²) in [6.07, 6.45) is 3.54. The van der Waals surface area contributed by atoms with Crippen LogP contribution in [-0.2, 0) is 0 Å². The Bertz CT molecular complexity index is 990. The molecular weight excluding hydrogens is 355 g/mol. The zero-order valence-electron chi connectivity index (χ0n) is 15.5. The molecule has 3 heterocycles. The highest BCUT2D eigenvalue weighted by atomic mass is 31.0. The second kappa shape index (κ2) is 7.16. The Morgan fingerprint density at radius 1 is 1.15 bits per heavy atom. The van der Waals surface area contributed by atoms with E-state index in [-0.39, 0.29) is 0 Å². The van der Waals surface area contributed by atoms with Gasteiger partial charge in [-0.25, -0.2) is 4.98 Å². The minimum Gasteiger partial charge on any atom is -0.488 e. The number of aromatic nitrogens is 2. The Hall–Kier alpha value is -2.65. The fraction of sp³-hybridized carbons (Fsp3) is 0.238. The zero-order chi connectivity index (χ0) is 19.0. The first-order chi connectivity index (χ1) is 13.0. The lowest BCUT2D eigenvalue weighted by Crippen LogP contribution is -2.28. The number of nitrogen functional groups attached to an aromatic ring is 1. The number of nitrogens with zero attached hydrogens (tertiary/aromatic N) is 3. The maximum atomic E-state index is 5.89. The number of hydrogen-bond donors (Lipinski definition) is 1. The van der Waals surface area contributed by atoms with Crippen LogP contribution in [0.25, 0.3) is 11.3 Å². The highest BCUT2D eigenvalue weighted by Gasteiger charge is 2.22. The topological polar surface area (TPSA) is 64.3 Å². The first-order valence-electron chi connectivity index (χ1n) is 9.04. The molecule has 2 aromatic heterocycles. The van der Waals surface area contributed by atoms with E-state index in [9.17, 15) is 0 Å². The van der Waals surface area contributed by atoms with Gasteiger partial charge >= 0.3 is 0 Å². The van der Waals surface area contributed by atoms with Crippen molar-refractivity contribution in [2.24, 2.45) is 0 Å². The summed E-state index contributed by atoms with van der Waals surface area (Å²) in [7, 11) is 2.81. The maximum absolute atomic E-state index is 5.89. The van der Waals surface area contributed by atoms with Crippen LogP contribution in [0.3, 0.4) is 0 Å². The molecule has 0 spiro atoms. The van der Waals surface area contributed by atoms with Gasteiger partial charge in [-0.15, -0.1) is 9.24 Å². The predicted octanol–water partition coefficient (Wildman–Crippen LogP) is 3.88. The first-order valence-corrected chi connectivity index (χ1v) is 9.62. The van der Waals surface area contributed by atoms with E-state index in [1.54, 1.807) is 6.20 Å². The molecule has 4 rings (SSSR count). The molecule has 1 aliphatic rings. The van der Waals surface area contributed by atoms with Gasteiger partial charge in [-0.1, -0.05) is 26.0 Å². The average molecular weight is 378 g/mol. The van der Waals surface area contributed by atoms with Gasteiger partial charge in [-0.2, -0.15) is 0 Å². The molecule has 3 aromatic rings. The lowest BCUT2D eigenvalue weighted by Gasteiger charge is -2.31. The smallest absolute Gasteiger partial charge is 0.161 e. The molecular formula is C21H23N4OP. The number of benzene rings is 1. The molecule has 0 saturated carbocycles. The van der Waals surface area contributed by atoms with Crippen molar-refractivity contribution in [1.82, 2.24) is 9.97 Å². The van der Waals surface area contributed by atoms with Crippen LogP contribution >= 0.6 is 9.24 Å². The molecule has 0 bridgehead atoms. The Balaban J connectivity index is 1.81. The number of ether oxygens (including phenoxy) is 1. The van der Waals surface area contributed by atoms with Gasteiger partial charge in [0.25, 0.3) is 0 Å². The SMILES string of the molecule is CC(C)c1ccc(P)c(-c2cc3c(cn2)OCCN3c2ccnc(N)c2)c1. The van der Waals surface area contributed by atoms with Crippen molar-refractivity contribution in [3.63, 3.8) is 0 Å². The summed E-state index contributed by atoms with van der Waals surface area (Å²) in [5.41, 5.74) is 11.2. The number of anilines is 3. The van der Waals surface area contributed by atoms with Crippen molar-refractivity contribution in [2.75, 3.05) is 23.8 Å². The number of nitrogens with two attached hydrogens (primary N) is 1. The normalized spacial score (nSPS) is 13.4. The largest absolute Gasteiger partial charge is 0.488 e. The van der Waals surface area contributed by atoms with E-state index >= 15 is 0 Å². The third-order valence-corrected chi connectivity index (χ3v) is 5.31. The van der Waals surface area contributed by atoms with Crippen LogP contribution in [0.1, 0.15) is 25.3 Å². The first kappa shape index (κ1) is 17.7. The summed E-state index contributed by atoms with van der Waals surface area (Å²) in [4.78, 5) is 11.0. The van der Waals surface area contributed by atoms with Crippen molar-refractivity contribution >= 4 is 31.7 Å². The third-order valence-electron chi connectivity index (χ3n) is 4.81. The minimum atomic E-state index is 0.464. The van der Waals surface area contributed by atoms with Gasteiger partial charge in [0.05, 0.1) is 24.1 Å². The Kier molecular flexibility index (Phi) is 4.71. The van der Waals surface area contributed by atoms with E-state index in [1.165, 1.54) is 5.56 Å². The standard InChI is InChI=1S/C21H23N4OP/c1-13(2)14-3-4-20(27)16(9-14)17-11-18-19(12-24-17)26-8-7-25(18)15-5-6-23-21(22)10-15/h3-6,9-13H,7-8,27H2,1-2H3,(H2,22,23). The van der Waals surface area contributed by atoms with E-state index in [4.69, 9.17) is 10.5 Å². The highest BCUT2D eigenvalue weighted by molar-refractivity contribution is 7.28. The van der Waals surface area contributed by atoms with Crippen molar-refractivity contribution in [3.05, 3.63) is 54.4 Å². The minimum absolute atomic E-state index is 0.464. The molecule has 1 atom stereocenters. The molecule has 0 amide bonds. The fourth-order valence-electron chi connectivity index (χ4n) is 3.30. The second-order valence-electron chi connectivity index (χ2n) is 6.98. The van der Waals surface area contributed by atoms with Crippen molar-refractivity contribution in [3.8, 4) is 17.0 Å². The highest BCUT2D eigenvalue weighted by Crippen LogP contribution is 2.38. The van der Waals surface area contributed by atoms with E-state index in [2.05, 4.69) is 62.2 Å². The monoisotopic (exact) mass is 378 g/mol. The van der Waals surface area contributed by atoms with Gasteiger partial charge in [0.2, 0.25) is 0 Å². The van der Waals surface area contributed by atoms with Crippen LogP contribution in [0.5, 0.6) is 5.75 Å². The van der Waals surface area contributed by atoms with Crippen LogP contribution in [0.4, 0.5) is 17.2 Å². The van der Waals surface area contributed by atoms with Crippen LogP contribution in [0.2, 0.25) is 0 Å². The third kappa shape index (κ3) is 3.47. The molecule has 0 radical (unpaired) electrons. The van der Waals surface area contributed by atoms with Gasteiger partial charge in [-0.3, -0.25) is 4.98 Å². The number of rotatable bonds is 3. The lowest BCUT2D eigenvalue weighted by atomic mass is 9.99. The summed E-state index contributed by atoms with van der Waals surface area (Å²) < 4.78 is 5.83. The van der Waals surface area contributed by atoms with E-state index < -0.39 is 0 Å². The van der Waals surface area contributed by atoms with Gasteiger partial charge in [0.15, 0.2) is 5.75 Å². The van der Waals surface area contributed by atoms with Gasteiger partial charge in [-0.05, 0) is 35.0 Å². The number of hydrogen-bond acceptors (Lipinski definition) is 5. The van der Waals surface area contributed by atoms with Crippen LogP contribution < -0.4 is 20.7 Å². The number of pyridine rings is 2. The van der Waals surface area contributed by atoms with Crippen LogP contribution in [0, 0.1) is 0 Å².